The van der Waals surface area contributed by atoms with Crippen LogP contribution in [0.25, 0.3) is 0 Å². The largest absolute Gasteiger partial charge is 0.497 e. The van der Waals surface area contributed by atoms with Gasteiger partial charge in [-0.2, -0.15) is 4.31 Å². The first-order valence-electron chi connectivity index (χ1n) is 11.7. The fourth-order valence-electron chi connectivity index (χ4n) is 3.98. The van der Waals surface area contributed by atoms with E-state index in [-0.39, 0.29) is 30.8 Å². The summed E-state index contributed by atoms with van der Waals surface area (Å²) in [5.74, 6) is 0.107. The molecule has 192 valence electrons. The van der Waals surface area contributed by atoms with Gasteiger partial charge in [0.25, 0.3) is 0 Å². The molecule has 9 heteroatoms. The number of amides is 1. The fraction of sp³-hybridized carbons (Fsp3) is 0.296. The molecule has 3 aromatic carbocycles. The number of sulfonamides is 1. The molecule has 0 bridgehead atoms. The molecule has 0 saturated carbocycles. The van der Waals surface area contributed by atoms with E-state index in [0.29, 0.717) is 6.54 Å². The second-order valence-corrected chi connectivity index (χ2v) is 10.3. The van der Waals surface area contributed by atoms with Crippen LogP contribution in [0.3, 0.4) is 0 Å². The number of nitrogens with one attached hydrogen (secondary N) is 1. The summed E-state index contributed by atoms with van der Waals surface area (Å²) in [6.07, 6.45) is -0.975. The van der Waals surface area contributed by atoms with Gasteiger partial charge in [-0.1, -0.05) is 60.7 Å². The highest BCUT2D eigenvalue weighted by Crippen LogP contribution is 2.23. The molecule has 0 spiro atoms. The van der Waals surface area contributed by atoms with Crippen molar-refractivity contribution < 1.29 is 23.1 Å². The highest BCUT2D eigenvalue weighted by atomic mass is 32.2. The quantitative estimate of drug-likeness (QED) is 0.305. The number of methoxy groups -OCH3 is 1. The predicted octanol–water partition coefficient (Wildman–Crippen LogP) is 2.32. The zero-order valence-corrected chi connectivity index (χ0v) is 21.1. The van der Waals surface area contributed by atoms with Gasteiger partial charge in [0.1, 0.15) is 5.75 Å². The van der Waals surface area contributed by atoms with E-state index < -0.39 is 28.1 Å². The van der Waals surface area contributed by atoms with E-state index in [0.717, 1.165) is 16.9 Å². The smallest absolute Gasteiger partial charge is 0.243 e. The first-order chi connectivity index (χ1) is 17.3. The molecule has 1 amide bonds. The minimum atomic E-state index is -4.03. The molecule has 0 aromatic heterocycles. The Labute approximate surface area is 212 Å². The van der Waals surface area contributed by atoms with E-state index in [1.54, 1.807) is 25.3 Å². The molecule has 36 heavy (non-hydrogen) atoms. The summed E-state index contributed by atoms with van der Waals surface area (Å²) in [5, 5.41) is 14.5. The van der Waals surface area contributed by atoms with Gasteiger partial charge in [0, 0.05) is 26.1 Å². The number of hydrogen-bond acceptors (Lipinski definition) is 6. The fourth-order valence-corrected chi connectivity index (χ4v) is 5.66. The molecule has 4 N–H and O–H groups in total. The Kier molecular flexibility index (Phi) is 10.0. The van der Waals surface area contributed by atoms with Crippen LogP contribution in [0.2, 0.25) is 0 Å². The van der Waals surface area contributed by atoms with Crippen molar-refractivity contribution in [3.63, 3.8) is 0 Å². The summed E-state index contributed by atoms with van der Waals surface area (Å²) in [7, 11) is -2.43. The lowest BCUT2D eigenvalue weighted by molar-refractivity contribution is -0.118. The van der Waals surface area contributed by atoms with Crippen LogP contribution in [0.15, 0.2) is 89.8 Å². The second kappa shape index (κ2) is 13.2. The van der Waals surface area contributed by atoms with Crippen molar-refractivity contribution in [1.29, 1.82) is 0 Å². The van der Waals surface area contributed by atoms with Crippen LogP contribution in [-0.2, 0) is 27.8 Å². The van der Waals surface area contributed by atoms with Gasteiger partial charge in [0.05, 0.1) is 24.2 Å². The number of aliphatic hydroxyl groups is 1. The monoisotopic (exact) mass is 511 g/mol. The molecule has 0 aliphatic carbocycles. The van der Waals surface area contributed by atoms with E-state index in [2.05, 4.69) is 5.32 Å². The number of nitrogens with two attached hydrogens (primary N) is 1. The van der Waals surface area contributed by atoms with Gasteiger partial charge >= 0.3 is 0 Å². The summed E-state index contributed by atoms with van der Waals surface area (Å²) < 4.78 is 33.8. The zero-order valence-electron chi connectivity index (χ0n) is 20.3. The van der Waals surface area contributed by atoms with Crippen LogP contribution < -0.4 is 15.8 Å². The average Bonchev–Trinajstić information content (AvgIpc) is 2.89. The second-order valence-electron chi connectivity index (χ2n) is 8.45. The average molecular weight is 512 g/mol. The van der Waals surface area contributed by atoms with E-state index in [4.69, 9.17) is 10.5 Å². The van der Waals surface area contributed by atoms with Crippen LogP contribution in [0.4, 0.5) is 0 Å². The van der Waals surface area contributed by atoms with Crippen LogP contribution in [0.5, 0.6) is 5.75 Å². The molecule has 8 nitrogen and oxygen atoms in total. The summed E-state index contributed by atoms with van der Waals surface area (Å²) in [6.45, 7) is 0.447. The number of nitrogens with zero attached hydrogens (tertiary/aromatic N) is 1. The van der Waals surface area contributed by atoms with Gasteiger partial charge in [-0.3, -0.25) is 4.79 Å². The minimum absolute atomic E-state index is 0.0871. The van der Waals surface area contributed by atoms with Crippen LogP contribution in [-0.4, -0.2) is 56.1 Å². The molecule has 0 unspecified atom stereocenters. The number of primary amides is 1. The van der Waals surface area contributed by atoms with Crippen LogP contribution in [0, 0.1) is 0 Å². The van der Waals surface area contributed by atoms with Crippen LogP contribution in [0.1, 0.15) is 17.5 Å². The van der Waals surface area contributed by atoms with E-state index in [9.17, 15) is 18.3 Å². The maximum Gasteiger partial charge on any atom is 0.243 e. The maximum absolute atomic E-state index is 13.7. The van der Waals surface area contributed by atoms with Crippen molar-refractivity contribution >= 4 is 15.9 Å². The Bertz CT molecular complexity index is 1210. The Morgan fingerprint density at radius 3 is 2.28 bits per heavy atom. The lowest BCUT2D eigenvalue weighted by Gasteiger charge is -2.34. The number of aliphatic hydroxyl groups excluding tert-OH is 1. The van der Waals surface area contributed by atoms with Crippen molar-refractivity contribution in [2.45, 2.75) is 36.4 Å². The summed E-state index contributed by atoms with van der Waals surface area (Å²) in [6, 6.07) is 24.1. The highest BCUT2D eigenvalue weighted by molar-refractivity contribution is 7.89. The number of carbonyl (C=O) groups excluding carboxylic acids is 1. The van der Waals surface area contributed by atoms with Gasteiger partial charge in [0.15, 0.2) is 0 Å². The molecule has 0 radical (unpaired) electrons. The summed E-state index contributed by atoms with van der Waals surface area (Å²) in [4.78, 5) is 11.7. The zero-order chi connectivity index (χ0) is 26.0. The molecule has 0 fully saturated rings. The van der Waals surface area contributed by atoms with Gasteiger partial charge in [-0.15, -0.1) is 0 Å². The number of carbonyl (C=O) groups is 1. The molecular formula is C27H33N3O5S. The predicted molar refractivity (Wildman–Crippen MR) is 139 cm³/mol. The molecule has 3 aromatic rings. The standard InChI is InChI=1S/C27H33N3O5S/c1-35-23-12-8-11-22(17-23)19-29-20-26(31)25(18-21-9-4-2-5-10-21)30(16-15-27(28)32)36(33,34)24-13-6-3-7-14-24/h2-14,17,25-26,29,31H,15-16,18-20H2,1H3,(H2,28,32)/t25-,26+/m0/s1. The lowest BCUT2D eigenvalue weighted by Crippen LogP contribution is -2.52. The van der Waals surface area contributed by atoms with Gasteiger partial charge in [-0.05, 0) is 41.8 Å². The van der Waals surface area contributed by atoms with Crippen LogP contribution >= 0.6 is 0 Å². The van der Waals surface area contributed by atoms with Crippen molar-refractivity contribution in [3.05, 3.63) is 96.1 Å². The van der Waals surface area contributed by atoms with Crippen molar-refractivity contribution in [1.82, 2.24) is 9.62 Å². The molecule has 0 heterocycles. The Balaban J connectivity index is 1.87. The van der Waals surface area contributed by atoms with Gasteiger partial charge in [0.2, 0.25) is 15.9 Å². The normalized spacial score (nSPS) is 13.3. The van der Waals surface area contributed by atoms with Gasteiger partial charge in [-0.25, -0.2) is 8.42 Å². The first-order valence-corrected chi connectivity index (χ1v) is 13.2. The lowest BCUT2D eigenvalue weighted by atomic mass is 10.0. The minimum Gasteiger partial charge on any atom is -0.497 e. The third kappa shape index (κ3) is 7.63. The molecule has 2 atom stereocenters. The van der Waals surface area contributed by atoms with Crippen molar-refractivity contribution in [2.24, 2.45) is 5.73 Å². The summed E-state index contributed by atoms with van der Waals surface area (Å²) >= 11 is 0. The number of hydrogen-bond donors (Lipinski definition) is 3. The van der Waals surface area contributed by atoms with E-state index >= 15 is 0 Å². The Hall–Kier alpha value is -3.24. The molecule has 0 aliphatic heterocycles. The van der Waals surface area contributed by atoms with Crippen molar-refractivity contribution in [2.75, 3.05) is 20.2 Å². The molecule has 0 saturated heterocycles. The highest BCUT2D eigenvalue weighted by Gasteiger charge is 2.35. The third-order valence-corrected chi connectivity index (χ3v) is 7.79. The summed E-state index contributed by atoms with van der Waals surface area (Å²) in [5.41, 5.74) is 7.20. The maximum atomic E-state index is 13.7. The van der Waals surface area contributed by atoms with E-state index in [1.165, 1.54) is 16.4 Å². The van der Waals surface area contributed by atoms with E-state index in [1.807, 2.05) is 54.6 Å². The Morgan fingerprint density at radius 2 is 1.64 bits per heavy atom. The third-order valence-electron chi connectivity index (χ3n) is 5.85. The molecule has 0 aliphatic rings. The Morgan fingerprint density at radius 1 is 1.00 bits per heavy atom. The van der Waals surface area contributed by atoms with Crippen molar-refractivity contribution in [3.8, 4) is 5.75 Å². The number of rotatable bonds is 14. The number of benzene rings is 3. The molecular weight excluding hydrogens is 478 g/mol. The topological polar surface area (TPSA) is 122 Å². The number of ether oxygens (including phenoxy) is 1. The first kappa shape index (κ1) is 27.3. The SMILES string of the molecule is COc1cccc(CNC[C@@H](O)[C@H](Cc2ccccc2)N(CCC(N)=O)S(=O)(=O)c2ccccc2)c1. The molecule has 3 rings (SSSR count). The van der Waals surface area contributed by atoms with Gasteiger partial charge < -0.3 is 20.9 Å².